The first-order valence-electron chi connectivity index (χ1n) is 10.6. The maximum absolute atomic E-state index is 11.8. The third kappa shape index (κ3) is 4.20. The Morgan fingerprint density at radius 2 is 2.19 bits per heavy atom. The summed E-state index contributed by atoms with van der Waals surface area (Å²) in [6.45, 7) is 4.29. The molecule has 3 heterocycles. The molecule has 3 N–H and O–H groups in total. The van der Waals surface area contributed by atoms with Gasteiger partial charge in [-0.05, 0) is 62.8 Å². The number of carbonyl (C=O) groups excluding carboxylic acids is 1. The number of rotatable bonds is 5. The average molecular weight is 470 g/mol. The fraction of sp³-hybridized carbons (Fsp3) is 0.364. The lowest BCUT2D eigenvalue weighted by atomic mass is 9.88. The second-order valence-electron chi connectivity index (χ2n) is 8.20. The highest BCUT2D eigenvalue weighted by Crippen LogP contribution is 2.40. The summed E-state index contributed by atoms with van der Waals surface area (Å²) >= 11 is 2.89. The van der Waals surface area contributed by atoms with Crippen molar-refractivity contribution in [3.05, 3.63) is 44.6 Å². The number of aromatic nitrogens is 3. The van der Waals surface area contributed by atoms with Crippen LogP contribution in [0, 0.1) is 5.92 Å². The number of hydrogen-bond donors (Lipinski definition) is 3. The molecule has 3 aromatic heterocycles. The van der Waals surface area contributed by atoms with E-state index in [1.54, 1.807) is 17.7 Å². The number of aryl methyl sites for hydroxylation is 1. The van der Waals surface area contributed by atoms with Crippen molar-refractivity contribution in [2.75, 3.05) is 11.9 Å². The van der Waals surface area contributed by atoms with E-state index in [4.69, 9.17) is 4.74 Å². The summed E-state index contributed by atoms with van der Waals surface area (Å²) in [7, 11) is 0. The van der Waals surface area contributed by atoms with E-state index in [2.05, 4.69) is 25.6 Å². The van der Waals surface area contributed by atoms with Gasteiger partial charge >= 0.3 is 11.0 Å². The van der Waals surface area contributed by atoms with Crippen molar-refractivity contribution in [1.82, 2.24) is 20.3 Å². The largest absolute Gasteiger partial charge is 0.447 e. The van der Waals surface area contributed by atoms with Gasteiger partial charge in [0.2, 0.25) is 0 Å². The Kier molecular flexibility index (Phi) is 5.56. The van der Waals surface area contributed by atoms with Crippen LogP contribution in [-0.4, -0.2) is 33.7 Å². The summed E-state index contributed by atoms with van der Waals surface area (Å²) in [5.41, 5.74) is 3.01. The van der Waals surface area contributed by atoms with Crippen molar-refractivity contribution in [2.24, 2.45) is 5.92 Å². The molecule has 5 rings (SSSR count). The van der Waals surface area contributed by atoms with E-state index >= 15 is 0 Å². The van der Waals surface area contributed by atoms with Gasteiger partial charge in [-0.1, -0.05) is 11.3 Å². The number of anilines is 2. The number of amides is 1. The van der Waals surface area contributed by atoms with Crippen LogP contribution in [0.2, 0.25) is 0 Å². The summed E-state index contributed by atoms with van der Waals surface area (Å²) in [5, 5.41) is 7.38. The van der Waals surface area contributed by atoms with E-state index < -0.39 is 0 Å². The molecule has 0 aliphatic heterocycles. The number of aromatic amines is 1. The molecule has 32 heavy (non-hydrogen) atoms. The molecule has 0 radical (unpaired) electrons. The molecule has 8 nitrogen and oxygen atoms in total. The zero-order valence-corrected chi connectivity index (χ0v) is 19.4. The van der Waals surface area contributed by atoms with Gasteiger partial charge in [-0.15, -0.1) is 11.3 Å². The van der Waals surface area contributed by atoms with Crippen LogP contribution in [0.3, 0.4) is 0 Å². The first kappa shape index (κ1) is 20.9. The molecule has 0 saturated heterocycles. The van der Waals surface area contributed by atoms with Gasteiger partial charge in [0.05, 0.1) is 21.7 Å². The van der Waals surface area contributed by atoms with Crippen LogP contribution in [0.4, 0.5) is 16.3 Å². The van der Waals surface area contributed by atoms with Gasteiger partial charge in [0.15, 0.2) is 0 Å². The number of benzene rings is 1. The smallest absolute Gasteiger partial charge is 0.407 e. The fourth-order valence-corrected chi connectivity index (χ4v) is 6.17. The lowest BCUT2D eigenvalue weighted by Crippen LogP contribution is -2.33. The molecule has 1 amide bonds. The fourth-order valence-electron chi connectivity index (χ4n) is 4.09. The van der Waals surface area contributed by atoms with E-state index in [9.17, 15) is 9.59 Å². The van der Waals surface area contributed by atoms with E-state index in [0.717, 1.165) is 51.2 Å². The average Bonchev–Trinajstić information content (AvgIpc) is 3.30. The van der Waals surface area contributed by atoms with Crippen LogP contribution in [0.15, 0.2) is 29.3 Å². The summed E-state index contributed by atoms with van der Waals surface area (Å²) in [4.78, 5) is 37.5. The number of nitrogens with zero attached hydrogens (tertiary/aromatic N) is 2. The molecule has 0 fully saturated rings. The third-order valence-electron chi connectivity index (χ3n) is 5.51. The first-order chi connectivity index (χ1) is 15.5. The highest BCUT2D eigenvalue weighted by molar-refractivity contribution is 7.19. The Labute approximate surface area is 192 Å². The molecule has 1 aliphatic carbocycles. The molecule has 1 atom stereocenters. The van der Waals surface area contributed by atoms with Crippen LogP contribution in [0.25, 0.3) is 20.4 Å². The van der Waals surface area contributed by atoms with E-state index in [1.165, 1.54) is 21.8 Å². The van der Waals surface area contributed by atoms with Gasteiger partial charge in [0.25, 0.3) is 0 Å². The van der Waals surface area contributed by atoms with Crippen molar-refractivity contribution in [3.8, 4) is 0 Å². The number of thiophene rings is 1. The van der Waals surface area contributed by atoms with Crippen LogP contribution in [0.5, 0.6) is 0 Å². The number of fused-ring (bicyclic) bond motifs is 4. The quantitative estimate of drug-likeness (QED) is 0.395. The minimum atomic E-state index is -0.357. The van der Waals surface area contributed by atoms with Crippen molar-refractivity contribution in [2.45, 2.75) is 39.2 Å². The summed E-state index contributed by atoms with van der Waals surface area (Å²) in [6.07, 6.45) is 3.91. The molecular formula is C22H23N5O3S2. The molecule has 1 aliphatic rings. The van der Waals surface area contributed by atoms with Crippen LogP contribution in [0.1, 0.15) is 30.7 Å². The number of hydrogen-bond acceptors (Lipinski definition) is 8. The van der Waals surface area contributed by atoms with Gasteiger partial charge in [-0.25, -0.2) is 14.8 Å². The van der Waals surface area contributed by atoms with E-state index in [1.807, 2.05) is 32.0 Å². The lowest BCUT2D eigenvalue weighted by molar-refractivity contribution is 0.114. The van der Waals surface area contributed by atoms with Gasteiger partial charge in [0, 0.05) is 17.1 Å². The Morgan fingerprint density at radius 1 is 1.31 bits per heavy atom. The monoisotopic (exact) mass is 469 g/mol. The molecule has 10 heteroatoms. The molecule has 1 aromatic carbocycles. The van der Waals surface area contributed by atoms with Crippen LogP contribution in [-0.2, 0) is 17.6 Å². The number of alkyl carbamates (subject to hydrolysis) is 1. The van der Waals surface area contributed by atoms with Gasteiger partial charge in [-0.3, -0.25) is 4.79 Å². The molecule has 166 valence electrons. The SMILES string of the molecule is CC(C)OC(=O)NC[C@@H]1CCc2c(sc3ncnc(Nc4ccc5[nH]c(=O)sc5c4)c23)C1. The van der Waals surface area contributed by atoms with Crippen LogP contribution < -0.4 is 15.5 Å². The number of thiazole rings is 1. The second-order valence-corrected chi connectivity index (χ2v) is 10.3. The molecular weight excluding hydrogens is 446 g/mol. The maximum Gasteiger partial charge on any atom is 0.407 e. The van der Waals surface area contributed by atoms with Crippen LogP contribution >= 0.6 is 22.7 Å². The molecule has 0 saturated carbocycles. The number of carbonyl (C=O) groups is 1. The van der Waals surface area contributed by atoms with E-state index in [0.29, 0.717) is 12.5 Å². The normalized spacial score (nSPS) is 15.8. The molecule has 4 aromatic rings. The highest BCUT2D eigenvalue weighted by atomic mass is 32.1. The zero-order valence-electron chi connectivity index (χ0n) is 17.7. The Morgan fingerprint density at radius 3 is 3.03 bits per heavy atom. The molecule has 0 unspecified atom stereocenters. The standard InChI is InChI=1S/C22H23N5O3S2/c1-11(2)30-21(28)23-9-12-3-5-14-16(7-12)31-20-18(14)19(24-10-25-20)26-13-4-6-15-17(8-13)32-22(29)27-15/h4,6,8,10-12H,3,5,7,9H2,1-2H3,(H,23,28)(H,27,29)(H,24,25,26)/t12-/m1/s1. The maximum atomic E-state index is 11.8. The van der Waals surface area contributed by atoms with Crippen molar-refractivity contribution in [3.63, 3.8) is 0 Å². The highest BCUT2D eigenvalue weighted by Gasteiger charge is 2.25. The molecule has 0 bridgehead atoms. The first-order valence-corrected chi connectivity index (χ1v) is 12.2. The Bertz CT molecular complexity index is 1360. The molecule has 0 spiro atoms. The summed E-state index contributed by atoms with van der Waals surface area (Å²) in [6, 6.07) is 5.80. The van der Waals surface area contributed by atoms with Crippen molar-refractivity contribution < 1.29 is 9.53 Å². The topological polar surface area (TPSA) is 109 Å². The Balaban J connectivity index is 1.37. The lowest BCUT2D eigenvalue weighted by Gasteiger charge is -2.23. The second kappa shape index (κ2) is 8.51. The van der Waals surface area contributed by atoms with E-state index in [-0.39, 0.29) is 17.1 Å². The number of nitrogens with one attached hydrogen (secondary N) is 3. The predicted octanol–water partition coefficient (Wildman–Crippen LogP) is 4.58. The Hall–Kier alpha value is -2.98. The minimum absolute atomic E-state index is 0.0602. The number of H-pyrrole nitrogens is 1. The van der Waals surface area contributed by atoms with Gasteiger partial charge < -0.3 is 20.4 Å². The predicted molar refractivity (Wildman–Crippen MR) is 128 cm³/mol. The van der Waals surface area contributed by atoms with Crippen molar-refractivity contribution in [1.29, 1.82) is 0 Å². The summed E-state index contributed by atoms with van der Waals surface area (Å²) in [5.74, 6) is 1.16. The minimum Gasteiger partial charge on any atom is -0.447 e. The number of ether oxygens (including phenoxy) is 1. The van der Waals surface area contributed by atoms with Gasteiger partial charge in [-0.2, -0.15) is 0 Å². The third-order valence-corrected chi connectivity index (χ3v) is 7.52. The van der Waals surface area contributed by atoms with Crippen molar-refractivity contribution >= 4 is 60.7 Å². The summed E-state index contributed by atoms with van der Waals surface area (Å²) < 4.78 is 6.07. The zero-order chi connectivity index (χ0) is 22.2. The van der Waals surface area contributed by atoms with Gasteiger partial charge in [0.1, 0.15) is 17.0 Å².